The van der Waals surface area contributed by atoms with Gasteiger partial charge >= 0.3 is 6.36 Å². The van der Waals surface area contributed by atoms with E-state index in [-0.39, 0.29) is 52.5 Å². The molecule has 0 unspecified atom stereocenters. The number of ether oxygens (including phenoxy) is 1. The number of fused-ring (bicyclic) bond motifs is 2. The molecule has 3 aliphatic rings. The van der Waals surface area contributed by atoms with Crippen LogP contribution in [0, 0.1) is 5.92 Å². The van der Waals surface area contributed by atoms with Crippen molar-refractivity contribution < 1.29 is 32.6 Å². The van der Waals surface area contributed by atoms with Gasteiger partial charge in [0.15, 0.2) is 11.5 Å². The van der Waals surface area contributed by atoms with Gasteiger partial charge in [0.2, 0.25) is 0 Å². The lowest BCUT2D eigenvalue weighted by Gasteiger charge is -2.41. The predicted octanol–water partition coefficient (Wildman–Crippen LogP) is 3.27. The summed E-state index contributed by atoms with van der Waals surface area (Å²) in [5.74, 6) is -1.32. The highest BCUT2D eigenvalue weighted by molar-refractivity contribution is 6.05. The molecule has 10 nitrogen and oxygen atoms in total. The van der Waals surface area contributed by atoms with Crippen molar-refractivity contribution in [2.24, 2.45) is 5.92 Å². The number of amides is 2. The lowest BCUT2D eigenvalue weighted by atomic mass is 9.77. The minimum absolute atomic E-state index is 0.0240. The van der Waals surface area contributed by atoms with E-state index in [0.29, 0.717) is 24.3 Å². The molecular formula is C26H27F3N6O4. The third-order valence-electron chi connectivity index (χ3n) is 7.76. The van der Waals surface area contributed by atoms with E-state index in [0.717, 1.165) is 18.9 Å². The number of nitrogens with zero attached hydrogens (tertiary/aromatic N) is 4. The van der Waals surface area contributed by atoms with Crippen LogP contribution in [-0.2, 0) is 6.54 Å². The van der Waals surface area contributed by atoms with E-state index in [9.17, 15) is 27.9 Å². The molecule has 39 heavy (non-hydrogen) atoms. The fourth-order valence-electron chi connectivity index (χ4n) is 5.64. The number of alkyl halides is 3. The Morgan fingerprint density at radius 1 is 1.31 bits per heavy atom. The fourth-order valence-corrected chi connectivity index (χ4v) is 5.64. The number of hydrogen-bond acceptors (Lipinski definition) is 7. The van der Waals surface area contributed by atoms with E-state index < -0.39 is 29.5 Å². The van der Waals surface area contributed by atoms with Gasteiger partial charge in [0, 0.05) is 30.4 Å². The Bertz CT molecular complexity index is 1510. The normalized spacial score (nSPS) is 23.5. The molecule has 0 bridgehead atoms. The average Bonchev–Trinajstić information content (AvgIpc) is 3.53. The van der Waals surface area contributed by atoms with Crippen molar-refractivity contribution in [3.63, 3.8) is 0 Å². The first-order chi connectivity index (χ1) is 18.3. The maximum Gasteiger partial charge on any atom is 0.573 e. The van der Waals surface area contributed by atoms with E-state index in [1.165, 1.54) is 16.8 Å². The third-order valence-corrected chi connectivity index (χ3v) is 7.76. The molecule has 3 heterocycles. The molecule has 0 spiro atoms. The molecule has 2 fully saturated rings. The number of halogens is 3. The van der Waals surface area contributed by atoms with Gasteiger partial charge in [-0.25, -0.2) is 9.50 Å². The quantitative estimate of drug-likeness (QED) is 0.434. The standard InChI is InChI=1S/C26H27F3N6O4/c1-12(13-3-4-13)34-11-15-7-14(8-18(19(15)24(34)37)39-26(27,28)29)17-5-6-35-22(32-17)20(21(30)33-35)23(36)31-16-9-25(2,38)10-16/h5-8,12-13,16,38H,3-4,9-11H2,1-2H3,(H2,30,33)(H,31,36)/t12-,16?,25?/m0/s1. The topological polar surface area (TPSA) is 135 Å². The van der Waals surface area contributed by atoms with Crippen LogP contribution in [0.1, 0.15) is 65.8 Å². The Hall–Kier alpha value is -3.87. The molecule has 1 atom stereocenters. The number of carbonyl (C=O) groups is 2. The van der Waals surface area contributed by atoms with Gasteiger partial charge in [-0.1, -0.05) is 0 Å². The number of carbonyl (C=O) groups excluding carboxylic acids is 2. The zero-order chi connectivity index (χ0) is 27.9. The summed E-state index contributed by atoms with van der Waals surface area (Å²) in [7, 11) is 0. The van der Waals surface area contributed by atoms with Gasteiger partial charge in [0.05, 0.1) is 16.9 Å². The molecule has 3 aromatic rings. The molecule has 1 aromatic carbocycles. The summed E-state index contributed by atoms with van der Waals surface area (Å²) < 4.78 is 45.7. The summed E-state index contributed by atoms with van der Waals surface area (Å²) in [6.07, 6.45) is -0.759. The van der Waals surface area contributed by atoms with Crippen LogP contribution in [0.4, 0.5) is 19.0 Å². The number of aromatic nitrogens is 3. The van der Waals surface area contributed by atoms with Gasteiger partial charge in [0.1, 0.15) is 11.3 Å². The Balaban J connectivity index is 1.38. The van der Waals surface area contributed by atoms with Gasteiger partial charge in [-0.15, -0.1) is 18.3 Å². The first-order valence-electron chi connectivity index (χ1n) is 12.7. The zero-order valence-corrected chi connectivity index (χ0v) is 21.2. The molecule has 6 rings (SSSR count). The number of nitrogen functional groups attached to an aromatic ring is 1. The second-order valence-corrected chi connectivity index (χ2v) is 11.0. The number of benzene rings is 1. The van der Waals surface area contributed by atoms with E-state index in [1.54, 1.807) is 17.9 Å². The molecule has 1 aliphatic heterocycles. The van der Waals surface area contributed by atoms with Crippen molar-refractivity contribution in [1.82, 2.24) is 24.8 Å². The predicted molar refractivity (Wildman–Crippen MR) is 133 cm³/mol. The maximum absolute atomic E-state index is 13.4. The van der Waals surface area contributed by atoms with Crippen molar-refractivity contribution in [3.8, 4) is 17.0 Å². The highest BCUT2D eigenvalue weighted by Crippen LogP contribution is 2.42. The van der Waals surface area contributed by atoms with Gasteiger partial charge in [-0.3, -0.25) is 9.59 Å². The van der Waals surface area contributed by atoms with Crippen LogP contribution in [0.2, 0.25) is 0 Å². The van der Waals surface area contributed by atoms with Crippen LogP contribution < -0.4 is 15.8 Å². The summed E-state index contributed by atoms with van der Waals surface area (Å²) >= 11 is 0. The van der Waals surface area contributed by atoms with Crippen molar-refractivity contribution >= 4 is 23.3 Å². The summed E-state index contributed by atoms with van der Waals surface area (Å²) in [6.45, 7) is 3.75. The van der Waals surface area contributed by atoms with Crippen LogP contribution in [0.15, 0.2) is 24.4 Å². The van der Waals surface area contributed by atoms with Gasteiger partial charge < -0.3 is 25.8 Å². The molecule has 0 saturated heterocycles. The minimum atomic E-state index is -5.00. The number of aliphatic hydroxyl groups is 1. The number of nitrogens with one attached hydrogen (secondary N) is 1. The molecular weight excluding hydrogens is 517 g/mol. The lowest BCUT2D eigenvalue weighted by molar-refractivity contribution is -0.274. The molecule has 2 amide bonds. The van der Waals surface area contributed by atoms with Crippen LogP contribution in [0.5, 0.6) is 5.75 Å². The summed E-state index contributed by atoms with van der Waals surface area (Å²) in [5, 5.41) is 16.9. The van der Waals surface area contributed by atoms with E-state index in [2.05, 4.69) is 20.1 Å². The highest BCUT2D eigenvalue weighted by Gasteiger charge is 2.43. The molecule has 0 radical (unpaired) electrons. The van der Waals surface area contributed by atoms with Crippen molar-refractivity contribution in [2.45, 2.75) is 70.1 Å². The first kappa shape index (κ1) is 25.4. The second-order valence-electron chi connectivity index (χ2n) is 11.0. The van der Waals surface area contributed by atoms with E-state index in [4.69, 9.17) is 5.73 Å². The smallest absolute Gasteiger partial charge is 0.405 e. The Morgan fingerprint density at radius 2 is 2.03 bits per heavy atom. The van der Waals surface area contributed by atoms with Crippen LogP contribution in [-0.4, -0.2) is 60.5 Å². The van der Waals surface area contributed by atoms with Crippen molar-refractivity contribution in [2.75, 3.05) is 5.73 Å². The lowest BCUT2D eigenvalue weighted by Crippen LogP contribution is -2.53. The maximum atomic E-state index is 13.4. The van der Waals surface area contributed by atoms with Gasteiger partial charge in [-0.2, -0.15) is 0 Å². The molecule has 4 N–H and O–H groups in total. The van der Waals surface area contributed by atoms with Crippen LogP contribution in [0.25, 0.3) is 16.9 Å². The Labute approximate surface area is 220 Å². The van der Waals surface area contributed by atoms with E-state index >= 15 is 0 Å². The van der Waals surface area contributed by atoms with E-state index in [1.807, 2.05) is 6.92 Å². The Morgan fingerprint density at radius 3 is 2.67 bits per heavy atom. The van der Waals surface area contributed by atoms with Gasteiger partial charge in [-0.05, 0) is 69.2 Å². The fraction of sp³-hybridized carbons (Fsp3) is 0.462. The third kappa shape index (κ3) is 4.64. The second kappa shape index (κ2) is 8.57. The van der Waals surface area contributed by atoms with Gasteiger partial charge in [0.25, 0.3) is 11.8 Å². The average molecular weight is 545 g/mol. The van der Waals surface area contributed by atoms with Crippen LogP contribution in [0.3, 0.4) is 0 Å². The molecule has 206 valence electrons. The largest absolute Gasteiger partial charge is 0.573 e. The molecule has 2 aromatic heterocycles. The summed E-state index contributed by atoms with van der Waals surface area (Å²) in [6, 6.07) is 3.97. The first-order valence-corrected chi connectivity index (χ1v) is 12.7. The number of nitrogens with two attached hydrogens (primary N) is 1. The Kier molecular flexibility index (Phi) is 5.58. The van der Waals surface area contributed by atoms with Crippen LogP contribution >= 0.6 is 0 Å². The molecule has 13 heteroatoms. The number of rotatable bonds is 6. The number of anilines is 1. The SMILES string of the molecule is C[C@@H](C1CC1)N1Cc2cc(-c3ccn4nc(N)c(C(=O)NC5CC(C)(O)C5)c4n3)cc(OC(F)(F)F)c2C1=O. The summed E-state index contributed by atoms with van der Waals surface area (Å²) in [5.41, 5.74) is 6.16. The van der Waals surface area contributed by atoms with Crippen molar-refractivity contribution in [3.05, 3.63) is 41.1 Å². The monoisotopic (exact) mass is 544 g/mol. The molecule has 2 aliphatic carbocycles. The number of hydrogen-bond donors (Lipinski definition) is 3. The highest BCUT2D eigenvalue weighted by atomic mass is 19.4. The molecule has 2 saturated carbocycles. The minimum Gasteiger partial charge on any atom is -0.405 e. The van der Waals surface area contributed by atoms with Crippen molar-refractivity contribution in [1.29, 1.82) is 0 Å². The summed E-state index contributed by atoms with van der Waals surface area (Å²) in [4.78, 5) is 32.3. The zero-order valence-electron chi connectivity index (χ0n) is 21.2.